The lowest BCUT2D eigenvalue weighted by Gasteiger charge is -2.09. The van der Waals surface area contributed by atoms with Crippen LogP contribution in [0, 0.1) is 17.5 Å². The predicted octanol–water partition coefficient (Wildman–Crippen LogP) is 4.41. The zero-order valence-electron chi connectivity index (χ0n) is 14.2. The molecular weight excluding hydrogens is 355 g/mol. The van der Waals surface area contributed by atoms with Crippen LogP contribution in [0.5, 0.6) is 0 Å². The zero-order chi connectivity index (χ0) is 19.2. The molecule has 0 aliphatic rings. The number of aromatic nitrogens is 1. The molecule has 7 heteroatoms. The summed E-state index contributed by atoms with van der Waals surface area (Å²) in [6.07, 6.45) is 1.88. The third kappa shape index (κ3) is 4.84. The molecule has 3 aromatic rings. The molecule has 0 aliphatic heterocycles. The van der Waals surface area contributed by atoms with Crippen LogP contribution in [0.3, 0.4) is 0 Å². The fourth-order valence-corrected chi connectivity index (χ4v) is 2.48. The Morgan fingerprint density at radius 2 is 1.78 bits per heavy atom. The normalized spacial score (nSPS) is 10.5. The van der Waals surface area contributed by atoms with Crippen molar-refractivity contribution in [2.75, 3.05) is 17.2 Å². The molecule has 138 valence electrons. The van der Waals surface area contributed by atoms with Crippen molar-refractivity contribution in [1.29, 1.82) is 0 Å². The molecule has 0 aliphatic carbocycles. The summed E-state index contributed by atoms with van der Waals surface area (Å²) in [6.45, 7) is 0.422. The SMILES string of the molecule is O=C(Nc1ccc(F)cc1F)c1ccnc(NCCc2ccccc2F)c1. The van der Waals surface area contributed by atoms with Gasteiger partial charge in [0.2, 0.25) is 0 Å². The summed E-state index contributed by atoms with van der Waals surface area (Å²) >= 11 is 0. The number of nitrogens with zero attached hydrogens (tertiary/aromatic N) is 1. The number of amides is 1. The van der Waals surface area contributed by atoms with Crippen LogP contribution in [0.15, 0.2) is 60.8 Å². The van der Waals surface area contributed by atoms with Gasteiger partial charge in [0.15, 0.2) is 0 Å². The predicted molar refractivity (Wildman–Crippen MR) is 97.1 cm³/mol. The van der Waals surface area contributed by atoms with Gasteiger partial charge in [0.1, 0.15) is 23.3 Å². The minimum atomic E-state index is -0.861. The molecule has 0 saturated carbocycles. The van der Waals surface area contributed by atoms with Crippen molar-refractivity contribution in [1.82, 2.24) is 4.98 Å². The molecule has 27 heavy (non-hydrogen) atoms. The molecular formula is C20H16F3N3O. The van der Waals surface area contributed by atoms with E-state index in [4.69, 9.17) is 0 Å². The highest BCUT2D eigenvalue weighted by atomic mass is 19.1. The average Bonchev–Trinajstić information content (AvgIpc) is 2.66. The Morgan fingerprint density at radius 3 is 2.56 bits per heavy atom. The highest BCUT2D eigenvalue weighted by Crippen LogP contribution is 2.17. The Morgan fingerprint density at radius 1 is 0.963 bits per heavy atom. The van der Waals surface area contributed by atoms with Gasteiger partial charge in [-0.15, -0.1) is 0 Å². The van der Waals surface area contributed by atoms with Crippen molar-refractivity contribution in [3.8, 4) is 0 Å². The lowest BCUT2D eigenvalue weighted by Crippen LogP contribution is -2.14. The fourth-order valence-electron chi connectivity index (χ4n) is 2.48. The number of halogens is 3. The standard InChI is InChI=1S/C20H16F3N3O/c21-15-5-6-18(17(23)12-15)26-20(27)14-8-10-25-19(11-14)24-9-7-13-3-1-2-4-16(13)22/h1-6,8,10-12H,7,9H2,(H,24,25)(H,26,27). The van der Waals surface area contributed by atoms with Gasteiger partial charge in [-0.3, -0.25) is 4.79 Å². The number of benzene rings is 2. The number of hydrogen-bond acceptors (Lipinski definition) is 3. The second-order valence-electron chi connectivity index (χ2n) is 5.78. The number of carbonyl (C=O) groups is 1. The Bertz CT molecular complexity index is 963. The highest BCUT2D eigenvalue weighted by molar-refractivity contribution is 6.04. The highest BCUT2D eigenvalue weighted by Gasteiger charge is 2.11. The van der Waals surface area contributed by atoms with Crippen molar-refractivity contribution in [2.45, 2.75) is 6.42 Å². The van der Waals surface area contributed by atoms with Gasteiger partial charge >= 0.3 is 0 Å². The van der Waals surface area contributed by atoms with Gasteiger partial charge in [-0.05, 0) is 42.3 Å². The van der Waals surface area contributed by atoms with E-state index in [0.717, 1.165) is 12.1 Å². The van der Waals surface area contributed by atoms with E-state index < -0.39 is 17.5 Å². The maximum Gasteiger partial charge on any atom is 0.255 e. The molecule has 0 saturated heterocycles. The van der Waals surface area contributed by atoms with Gasteiger partial charge in [0.05, 0.1) is 5.69 Å². The summed E-state index contributed by atoms with van der Waals surface area (Å²) in [7, 11) is 0. The van der Waals surface area contributed by atoms with Crippen LogP contribution < -0.4 is 10.6 Å². The minimum Gasteiger partial charge on any atom is -0.370 e. The second-order valence-corrected chi connectivity index (χ2v) is 5.78. The second kappa shape index (κ2) is 8.35. The summed E-state index contributed by atoms with van der Waals surface area (Å²) in [4.78, 5) is 16.4. The van der Waals surface area contributed by atoms with Crippen molar-refractivity contribution >= 4 is 17.4 Å². The van der Waals surface area contributed by atoms with Crippen LogP contribution in [-0.2, 0) is 6.42 Å². The van der Waals surface area contributed by atoms with Crippen LogP contribution in [-0.4, -0.2) is 17.4 Å². The molecule has 1 amide bonds. The monoisotopic (exact) mass is 371 g/mol. The summed E-state index contributed by atoms with van der Waals surface area (Å²) in [5, 5.41) is 5.40. The van der Waals surface area contributed by atoms with Crippen molar-refractivity contribution in [3.63, 3.8) is 0 Å². The van der Waals surface area contributed by atoms with Gasteiger partial charge in [0, 0.05) is 24.4 Å². The molecule has 3 rings (SSSR count). The fraction of sp³-hybridized carbons (Fsp3) is 0.100. The maximum atomic E-state index is 13.7. The number of hydrogen-bond donors (Lipinski definition) is 2. The average molecular weight is 371 g/mol. The lowest BCUT2D eigenvalue weighted by atomic mass is 10.1. The summed E-state index contributed by atoms with van der Waals surface area (Å²) in [5.41, 5.74) is 0.708. The minimum absolute atomic E-state index is 0.118. The van der Waals surface area contributed by atoms with E-state index in [1.165, 1.54) is 24.4 Å². The molecule has 0 bridgehead atoms. The number of rotatable bonds is 6. The van der Waals surface area contributed by atoms with Crippen molar-refractivity contribution < 1.29 is 18.0 Å². The third-order valence-electron chi connectivity index (χ3n) is 3.86. The number of nitrogens with one attached hydrogen (secondary N) is 2. The first-order valence-electron chi connectivity index (χ1n) is 8.22. The Balaban J connectivity index is 1.62. The lowest BCUT2D eigenvalue weighted by molar-refractivity contribution is 0.102. The van der Waals surface area contributed by atoms with E-state index in [1.54, 1.807) is 18.2 Å². The number of carbonyl (C=O) groups excluding carboxylic acids is 1. The van der Waals surface area contributed by atoms with E-state index in [0.29, 0.717) is 30.4 Å². The van der Waals surface area contributed by atoms with Gasteiger partial charge in [-0.1, -0.05) is 18.2 Å². The van der Waals surface area contributed by atoms with Gasteiger partial charge in [0.25, 0.3) is 5.91 Å². The summed E-state index contributed by atoms with van der Waals surface area (Å²) < 4.78 is 40.2. The molecule has 2 aromatic carbocycles. The number of anilines is 2. The summed E-state index contributed by atoms with van der Waals surface area (Å²) in [6, 6.07) is 12.3. The molecule has 0 unspecified atom stereocenters. The Hall–Kier alpha value is -3.35. The maximum absolute atomic E-state index is 13.7. The molecule has 1 aromatic heterocycles. The molecule has 2 N–H and O–H groups in total. The third-order valence-corrected chi connectivity index (χ3v) is 3.86. The number of pyridine rings is 1. The van der Waals surface area contributed by atoms with Crippen molar-refractivity contribution in [3.05, 3.63) is 89.4 Å². The van der Waals surface area contributed by atoms with Crippen LogP contribution >= 0.6 is 0 Å². The van der Waals surface area contributed by atoms with Crippen LogP contribution in [0.4, 0.5) is 24.7 Å². The Labute approximate surface area is 154 Å². The van der Waals surface area contributed by atoms with E-state index in [1.807, 2.05) is 0 Å². The zero-order valence-corrected chi connectivity index (χ0v) is 14.2. The first kappa shape index (κ1) is 18.4. The first-order chi connectivity index (χ1) is 13.0. The van der Waals surface area contributed by atoms with Crippen molar-refractivity contribution in [2.24, 2.45) is 0 Å². The van der Waals surface area contributed by atoms with E-state index >= 15 is 0 Å². The molecule has 1 heterocycles. The smallest absolute Gasteiger partial charge is 0.255 e. The molecule has 4 nitrogen and oxygen atoms in total. The van der Waals surface area contributed by atoms with Crippen LogP contribution in [0.25, 0.3) is 0 Å². The largest absolute Gasteiger partial charge is 0.370 e. The van der Waals surface area contributed by atoms with E-state index in [-0.39, 0.29) is 17.1 Å². The van der Waals surface area contributed by atoms with E-state index in [9.17, 15) is 18.0 Å². The summed E-state index contributed by atoms with van der Waals surface area (Å²) in [5.74, 6) is -1.99. The first-order valence-corrected chi connectivity index (χ1v) is 8.22. The van der Waals surface area contributed by atoms with Gasteiger partial charge in [-0.25, -0.2) is 18.2 Å². The van der Waals surface area contributed by atoms with E-state index in [2.05, 4.69) is 15.6 Å². The topological polar surface area (TPSA) is 54.0 Å². The van der Waals surface area contributed by atoms with Crippen LogP contribution in [0.2, 0.25) is 0 Å². The van der Waals surface area contributed by atoms with Gasteiger partial charge < -0.3 is 10.6 Å². The van der Waals surface area contributed by atoms with Crippen LogP contribution in [0.1, 0.15) is 15.9 Å². The molecule has 0 fully saturated rings. The molecule has 0 radical (unpaired) electrons. The Kier molecular flexibility index (Phi) is 5.71. The molecule has 0 spiro atoms. The molecule has 0 atom stereocenters. The van der Waals surface area contributed by atoms with Gasteiger partial charge in [-0.2, -0.15) is 0 Å². The quantitative estimate of drug-likeness (QED) is 0.675.